The van der Waals surface area contributed by atoms with E-state index in [1.165, 1.54) is 12.8 Å². The Morgan fingerprint density at radius 3 is 2.43 bits per heavy atom. The van der Waals surface area contributed by atoms with E-state index in [1.54, 1.807) is 0 Å². The van der Waals surface area contributed by atoms with Crippen LogP contribution in [0.3, 0.4) is 0 Å². The van der Waals surface area contributed by atoms with Crippen LogP contribution in [0.15, 0.2) is 36.5 Å². The third kappa shape index (κ3) is 16.6. The topological polar surface area (TPSA) is 57.5 Å². The lowest BCUT2D eigenvalue weighted by molar-refractivity contribution is -0.137. The van der Waals surface area contributed by atoms with Gasteiger partial charge in [-0.05, 0) is 38.5 Å². The third-order valence-electron chi connectivity index (χ3n) is 3.08. The van der Waals surface area contributed by atoms with Gasteiger partial charge in [0.15, 0.2) is 0 Å². The summed E-state index contributed by atoms with van der Waals surface area (Å²) in [5.41, 5.74) is 0. The van der Waals surface area contributed by atoms with Crippen LogP contribution in [0.25, 0.3) is 0 Å². The summed E-state index contributed by atoms with van der Waals surface area (Å²) in [6.07, 6.45) is 19.6. The zero-order chi connectivity index (χ0) is 15.8. The van der Waals surface area contributed by atoms with Crippen LogP contribution in [-0.2, 0) is 4.79 Å². The molecule has 0 aliphatic rings. The van der Waals surface area contributed by atoms with E-state index in [9.17, 15) is 9.90 Å². The van der Waals surface area contributed by atoms with Crippen LogP contribution >= 0.6 is 0 Å². The van der Waals surface area contributed by atoms with Gasteiger partial charge < -0.3 is 10.2 Å². The zero-order valence-electron chi connectivity index (χ0n) is 13.2. The highest BCUT2D eigenvalue weighted by atomic mass is 16.4. The second-order valence-electron chi connectivity index (χ2n) is 5.19. The normalized spacial score (nSPS) is 13.6. The fourth-order valence-corrected chi connectivity index (χ4v) is 1.82. The summed E-state index contributed by atoms with van der Waals surface area (Å²) in [5.74, 6) is -0.718. The Morgan fingerprint density at radius 1 is 1.00 bits per heavy atom. The number of rotatable bonds is 13. The molecule has 0 saturated heterocycles. The summed E-state index contributed by atoms with van der Waals surface area (Å²) in [6.45, 7) is 2.16. The molecule has 0 rings (SSSR count). The predicted octanol–water partition coefficient (Wildman–Crippen LogP) is 4.63. The number of carboxylic acids is 1. The maximum absolute atomic E-state index is 10.3. The summed E-state index contributed by atoms with van der Waals surface area (Å²) in [5, 5.41) is 18.2. The molecule has 0 aromatic rings. The van der Waals surface area contributed by atoms with Crippen molar-refractivity contribution in [1.82, 2.24) is 0 Å². The maximum Gasteiger partial charge on any atom is 0.303 e. The molecule has 0 aromatic carbocycles. The van der Waals surface area contributed by atoms with Gasteiger partial charge in [-0.1, -0.05) is 56.2 Å². The van der Waals surface area contributed by atoms with Crippen molar-refractivity contribution < 1.29 is 15.0 Å². The number of hydrogen-bond donors (Lipinski definition) is 2. The molecular formula is C18H30O3. The van der Waals surface area contributed by atoms with E-state index in [0.717, 1.165) is 32.1 Å². The summed E-state index contributed by atoms with van der Waals surface area (Å²) >= 11 is 0. The highest BCUT2D eigenvalue weighted by molar-refractivity contribution is 5.66. The van der Waals surface area contributed by atoms with Crippen molar-refractivity contribution in [3.63, 3.8) is 0 Å². The minimum absolute atomic E-state index is 0.261. The lowest BCUT2D eigenvalue weighted by Gasteiger charge is -2.00. The first-order chi connectivity index (χ1) is 10.2. The van der Waals surface area contributed by atoms with Crippen LogP contribution in [0.4, 0.5) is 0 Å². The lowest BCUT2D eigenvalue weighted by Crippen LogP contribution is -1.98. The fourth-order valence-electron chi connectivity index (χ4n) is 1.82. The molecule has 0 heterocycles. The van der Waals surface area contributed by atoms with Crippen molar-refractivity contribution in [2.45, 2.75) is 70.8 Å². The standard InChI is InChI=1S/C18H30O3/c1-2-3-4-11-14-17(19)15-12-9-7-5-6-8-10-13-16-18(20)21/h5-6,9,11-12,14,17,19H,2-4,7-8,10,13,15-16H2,1H3,(H,20,21)/b6-5-,12-9-,14-11+. The Kier molecular flexibility index (Phi) is 14.1. The Labute approximate surface area is 129 Å². The number of carbonyl (C=O) groups is 1. The summed E-state index contributed by atoms with van der Waals surface area (Å²) in [4.78, 5) is 10.3. The van der Waals surface area contributed by atoms with Gasteiger partial charge in [0.1, 0.15) is 0 Å². The van der Waals surface area contributed by atoms with Crippen LogP contribution in [0.1, 0.15) is 64.7 Å². The molecule has 0 aromatic heterocycles. The minimum Gasteiger partial charge on any atom is -0.481 e. The number of hydrogen-bond acceptors (Lipinski definition) is 2. The number of aliphatic hydroxyl groups is 1. The van der Waals surface area contributed by atoms with Crippen LogP contribution in [-0.4, -0.2) is 22.3 Å². The fraction of sp³-hybridized carbons (Fsp3) is 0.611. The van der Waals surface area contributed by atoms with Crippen molar-refractivity contribution in [1.29, 1.82) is 0 Å². The van der Waals surface area contributed by atoms with Gasteiger partial charge in [-0.3, -0.25) is 4.79 Å². The van der Waals surface area contributed by atoms with Crippen LogP contribution in [0.2, 0.25) is 0 Å². The Morgan fingerprint density at radius 2 is 1.71 bits per heavy atom. The molecule has 0 aliphatic carbocycles. The second-order valence-corrected chi connectivity index (χ2v) is 5.19. The highest BCUT2D eigenvalue weighted by Gasteiger charge is 1.94. The molecule has 1 unspecified atom stereocenters. The average molecular weight is 294 g/mol. The quantitative estimate of drug-likeness (QED) is 0.384. The van der Waals surface area contributed by atoms with Crippen molar-refractivity contribution in [3.05, 3.63) is 36.5 Å². The molecule has 0 aliphatic heterocycles. The first-order valence-electron chi connectivity index (χ1n) is 8.03. The Bertz CT molecular complexity index is 329. The molecule has 0 bridgehead atoms. The Balaban J connectivity index is 3.50. The van der Waals surface area contributed by atoms with Gasteiger partial charge in [-0.15, -0.1) is 0 Å². The van der Waals surface area contributed by atoms with Crippen molar-refractivity contribution in [2.75, 3.05) is 0 Å². The smallest absolute Gasteiger partial charge is 0.303 e. The third-order valence-corrected chi connectivity index (χ3v) is 3.08. The van der Waals surface area contributed by atoms with Gasteiger partial charge in [-0.25, -0.2) is 0 Å². The molecular weight excluding hydrogens is 264 g/mol. The molecule has 3 nitrogen and oxygen atoms in total. The van der Waals surface area contributed by atoms with Crippen molar-refractivity contribution in [3.8, 4) is 0 Å². The number of allylic oxidation sites excluding steroid dienone is 4. The molecule has 0 fully saturated rings. The van der Waals surface area contributed by atoms with Gasteiger partial charge in [0.2, 0.25) is 0 Å². The van der Waals surface area contributed by atoms with E-state index in [2.05, 4.69) is 31.2 Å². The van der Waals surface area contributed by atoms with E-state index in [4.69, 9.17) is 5.11 Å². The van der Waals surface area contributed by atoms with Crippen molar-refractivity contribution in [2.24, 2.45) is 0 Å². The number of unbranched alkanes of at least 4 members (excludes halogenated alkanes) is 4. The van der Waals surface area contributed by atoms with E-state index in [1.807, 2.05) is 12.2 Å². The monoisotopic (exact) mass is 294 g/mol. The second kappa shape index (κ2) is 15.0. The van der Waals surface area contributed by atoms with Gasteiger partial charge in [-0.2, -0.15) is 0 Å². The van der Waals surface area contributed by atoms with E-state index >= 15 is 0 Å². The molecule has 1 atom stereocenters. The van der Waals surface area contributed by atoms with Crippen LogP contribution < -0.4 is 0 Å². The van der Waals surface area contributed by atoms with E-state index in [-0.39, 0.29) is 12.5 Å². The molecule has 3 heteroatoms. The molecule has 0 saturated carbocycles. The molecule has 0 spiro atoms. The largest absolute Gasteiger partial charge is 0.481 e. The zero-order valence-corrected chi connectivity index (χ0v) is 13.2. The van der Waals surface area contributed by atoms with Crippen LogP contribution in [0, 0.1) is 0 Å². The number of aliphatic carboxylic acids is 1. The van der Waals surface area contributed by atoms with E-state index < -0.39 is 5.97 Å². The van der Waals surface area contributed by atoms with Crippen molar-refractivity contribution >= 4 is 5.97 Å². The molecule has 0 radical (unpaired) electrons. The highest BCUT2D eigenvalue weighted by Crippen LogP contribution is 2.03. The summed E-state index contributed by atoms with van der Waals surface area (Å²) < 4.78 is 0. The number of aliphatic hydroxyl groups excluding tert-OH is 1. The first kappa shape index (κ1) is 19.7. The van der Waals surface area contributed by atoms with Gasteiger partial charge in [0, 0.05) is 6.42 Å². The predicted molar refractivity (Wildman–Crippen MR) is 88.3 cm³/mol. The average Bonchev–Trinajstić information content (AvgIpc) is 2.45. The molecule has 21 heavy (non-hydrogen) atoms. The Hall–Kier alpha value is -1.35. The molecule has 0 amide bonds. The first-order valence-corrected chi connectivity index (χ1v) is 8.03. The van der Waals surface area contributed by atoms with E-state index in [0.29, 0.717) is 6.42 Å². The SMILES string of the molecule is CCCC/C=C/C(O)C/C=C\C/C=C\CCCCC(=O)O. The van der Waals surface area contributed by atoms with Gasteiger partial charge >= 0.3 is 5.97 Å². The van der Waals surface area contributed by atoms with Gasteiger partial charge in [0.05, 0.1) is 6.10 Å². The minimum atomic E-state index is -0.718. The lowest BCUT2D eigenvalue weighted by atomic mass is 10.1. The van der Waals surface area contributed by atoms with Gasteiger partial charge in [0.25, 0.3) is 0 Å². The summed E-state index contributed by atoms with van der Waals surface area (Å²) in [6, 6.07) is 0. The summed E-state index contributed by atoms with van der Waals surface area (Å²) in [7, 11) is 0. The molecule has 120 valence electrons. The maximum atomic E-state index is 10.3. The number of carboxylic acid groups (broad SMARTS) is 1. The molecule has 2 N–H and O–H groups in total. The van der Waals surface area contributed by atoms with Crippen LogP contribution in [0.5, 0.6) is 0 Å².